The number of aromatic amines is 1. The number of aromatic nitrogens is 5. The summed E-state index contributed by atoms with van der Waals surface area (Å²) >= 11 is 0. The van der Waals surface area contributed by atoms with E-state index in [1.807, 2.05) is 20.8 Å². The monoisotopic (exact) mass is 647 g/mol. The fourth-order valence-electron chi connectivity index (χ4n) is 7.57. The molecular formula is C34H46FN9O3. The van der Waals surface area contributed by atoms with Crippen LogP contribution in [0.5, 0.6) is 11.6 Å². The van der Waals surface area contributed by atoms with Gasteiger partial charge in [0, 0.05) is 44.5 Å². The number of hydrogen-bond donors (Lipinski definition) is 2. The molecule has 3 aliphatic rings. The molecular weight excluding hydrogens is 601 g/mol. The van der Waals surface area contributed by atoms with E-state index in [1.54, 1.807) is 17.2 Å². The Hall–Kier alpha value is -4.13. The lowest BCUT2D eigenvalue weighted by atomic mass is 9.67. The summed E-state index contributed by atoms with van der Waals surface area (Å²) in [5, 5.41) is 18.0. The van der Waals surface area contributed by atoms with Gasteiger partial charge in [0.15, 0.2) is 5.82 Å². The first kappa shape index (κ1) is 32.8. The largest absolute Gasteiger partial charge is 0.434 e. The van der Waals surface area contributed by atoms with Crippen molar-refractivity contribution in [1.29, 1.82) is 0 Å². The molecule has 2 aliphatic heterocycles. The third-order valence-electron chi connectivity index (χ3n) is 10.3. The number of benzene rings is 1. The average Bonchev–Trinajstić information content (AvgIpc) is 3.78. The first-order chi connectivity index (χ1) is 22.7. The van der Waals surface area contributed by atoms with E-state index in [1.165, 1.54) is 37.4 Å². The Morgan fingerprint density at radius 3 is 2.62 bits per heavy atom. The van der Waals surface area contributed by atoms with Crippen LogP contribution in [0, 0.1) is 17.2 Å². The van der Waals surface area contributed by atoms with Gasteiger partial charge in [-0.15, -0.1) is 10.2 Å². The Morgan fingerprint density at radius 1 is 1.13 bits per heavy atom. The number of rotatable bonds is 10. The van der Waals surface area contributed by atoms with Gasteiger partial charge < -0.3 is 24.8 Å². The number of ether oxygens (including phenoxy) is 1. The highest BCUT2D eigenvalue weighted by Gasteiger charge is 2.39. The highest BCUT2D eigenvalue weighted by atomic mass is 19.1. The van der Waals surface area contributed by atoms with Crippen molar-refractivity contribution in [3.8, 4) is 11.6 Å². The van der Waals surface area contributed by atoms with Crippen LogP contribution in [0.2, 0.25) is 0 Å². The summed E-state index contributed by atoms with van der Waals surface area (Å²) in [6.45, 7) is 11.1. The maximum Gasteiger partial charge on any atom is 0.282 e. The van der Waals surface area contributed by atoms with E-state index in [4.69, 9.17) is 4.74 Å². The summed E-state index contributed by atoms with van der Waals surface area (Å²) in [5.41, 5.74) is 1.05. The first-order valence-corrected chi connectivity index (χ1v) is 17.0. The minimum Gasteiger partial charge on any atom is -0.434 e. The summed E-state index contributed by atoms with van der Waals surface area (Å²) < 4.78 is 20.5. The zero-order valence-electron chi connectivity index (χ0n) is 27.6. The Kier molecular flexibility index (Phi) is 10.00. The van der Waals surface area contributed by atoms with Gasteiger partial charge >= 0.3 is 0 Å². The van der Waals surface area contributed by atoms with Crippen molar-refractivity contribution in [2.45, 2.75) is 77.8 Å². The maximum atomic E-state index is 14.3. The molecule has 3 aromatic rings. The third-order valence-corrected chi connectivity index (χ3v) is 10.3. The Labute approximate surface area is 275 Å². The lowest BCUT2D eigenvalue weighted by molar-refractivity contribution is 0.0510. The Bertz CT molecular complexity index is 1520. The number of anilines is 1. The summed E-state index contributed by atoms with van der Waals surface area (Å²) in [7, 11) is 0. The maximum absolute atomic E-state index is 14.3. The molecule has 2 saturated heterocycles. The van der Waals surface area contributed by atoms with Crippen molar-refractivity contribution in [2.75, 3.05) is 44.2 Å². The van der Waals surface area contributed by atoms with Crippen LogP contribution < -0.4 is 15.0 Å². The van der Waals surface area contributed by atoms with Crippen LogP contribution in [-0.4, -0.2) is 98.3 Å². The predicted octanol–water partition coefficient (Wildman–Crippen LogP) is 4.68. The van der Waals surface area contributed by atoms with E-state index in [0.29, 0.717) is 29.4 Å². The lowest BCUT2D eigenvalue weighted by Gasteiger charge is -2.46. The lowest BCUT2D eigenvalue weighted by Crippen LogP contribution is -2.46. The molecule has 1 saturated carbocycles. The summed E-state index contributed by atoms with van der Waals surface area (Å²) in [5.74, 6) is 0.615. The van der Waals surface area contributed by atoms with Crippen LogP contribution in [0.25, 0.3) is 0 Å². The van der Waals surface area contributed by atoms with Crippen LogP contribution >= 0.6 is 0 Å². The van der Waals surface area contributed by atoms with Gasteiger partial charge in [-0.1, -0.05) is 0 Å². The SMILES string of the molecule is CCN(C(=O)c1cc(F)ccc1Oc1nncnc1N1CC[C@@H](CN2CCC3(CCC(NC(=O)c4ccn[nH]4)CC3)CC2)C1)C(C)C. The van der Waals surface area contributed by atoms with Crippen molar-refractivity contribution in [3.63, 3.8) is 0 Å². The number of nitrogens with one attached hydrogen (secondary N) is 2. The number of H-pyrrole nitrogens is 1. The molecule has 252 valence electrons. The first-order valence-electron chi connectivity index (χ1n) is 17.0. The van der Waals surface area contributed by atoms with Crippen molar-refractivity contribution >= 4 is 17.6 Å². The number of carbonyl (C=O) groups is 2. The second kappa shape index (κ2) is 14.3. The van der Waals surface area contributed by atoms with Gasteiger partial charge in [0.05, 0.1) is 5.56 Å². The van der Waals surface area contributed by atoms with E-state index >= 15 is 0 Å². The molecule has 0 unspecified atom stereocenters. The number of piperidine rings is 1. The number of hydrogen-bond acceptors (Lipinski definition) is 9. The molecule has 1 aliphatic carbocycles. The van der Waals surface area contributed by atoms with Crippen LogP contribution in [0.3, 0.4) is 0 Å². The van der Waals surface area contributed by atoms with Crippen LogP contribution in [0.4, 0.5) is 10.2 Å². The second-order valence-corrected chi connectivity index (χ2v) is 13.6. The zero-order valence-corrected chi connectivity index (χ0v) is 27.6. The topological polar surface area (TPSA) is 132 Å². The van der Waals surface area contributed by atoms with Gasteiger partial charge in [-0.25, -0.2) is 9.37 Å². The molecule has 2 aromatic heterocycles. The molecule has 4 heterocycles. The van der Waals surface area contributed by atoms with Gasteiger partial charge in [0.1, 0.15) is 23.6 Å². The minimum absolute atomic E-state index is 0.0491. The standard InChI is InChI=1S/C34H46FN9O3/c1-4-44(23(2)3)33(46)27-19-25(35)5-6-29(27)47-32-30(36-22-38-41-32)43-16-10-24(21-43)20-42-17-13-34(14-18-42)11-7-26(8-12-34)39-31(45)28-9-15-37-40-28/h5-6,9,15,19,22-24,26H,4,7-8,10-14,16-18,20-21H2,1-3H3,(H,37,40)(H,39,45)/t24-/m0/s1. The summed E-state index contributed by atoms with van der Waals surface area (Å²) in [4.78, 5) is 36.7. The van der Waals surface area contributed by atoms with Crippen LogP contribution in [-0.2, 0) is 0 Å². The van der Waals surface area contributed by atoms with Crippen LogP contribution in [0.1, 0.15) is 86.6 Å². The average molecular weight is 648 g/mol. The van der Waals surface area contributed by atoms with Crippen molar-refractivity contribution in [2.24, 2.45) is 11.3 Å². The van der Waals surface area contributed by atoms with Crippen molar-refractivity contribution in [3.05, 3.63) is 53.9 Å². The van der Waals surface area contributed by atoms with E-state index in [9.17, 15) is 14.0 Å². The molecule has 6 rings (SSSR count). The molecule has 2 amide bonds. The van der Waals surface area contributed by atoms with Gasteiger partial charge in [-0.2, -0.15) is 5.10 Å². The van der Waals surface area contributed by atoms with E-state index in [-0.39, 0.29) is 41.1 Å². The Morgan fingerprint density at radius 2 is 1.91 bits per heavy atom. The second-order valence-electron chi connectivity index (χ2n) is 13.6. The number of carbonyl (C=O) groups excluding carboxylic acids is 2. The van der Waals surface area contributed by atoms with Gasteiger partial charge in [-0.05, 0) is 114 Å². The van der Waals surface area contributed by atoms with Crippen molar-refractivity contribution < 1.29 is 18.7 Å². The smallest absolute Gasteiger partial charge is 0.282 e. The predicted molar refractivity (Wildman–Crippen MR) is 175 cm³/mol. The van der Waals surface area contributed by atoms with E-state index < -0.39 is 5.82 Å². The molecule has 13 heteroatoms. The third kappa shape index (κ3) is 7.55. The molecule has 47 heavy (non-hydrogen) atoms. The van der Waals surface area contributed by atoms with Gasteiger partial charge in [0.25, 0.3) is 17.7 Å². The Balaban J connectivity index is 1.02. The summed E-state index contributed by atoms with van der Waals surface area (Å²) in [6.07, 6.45) is 10.8. The molecule has 12 nitrogen and oxygen atoms in total. The summed E-state index contributed by atoms with van der Waals surface area (Å²) in [6, 6.07) is 5.85. The van der Waals surface area contributed by atoms with Gasteiger partial charge in [0.2, 0.25) is 0 Å². The molecule has 3 fully saturated rings. The normalized spacial score (nSPS) is 20.1. The zero-order chi connectivity index (χ0) is 33.0. The molecule has 0 radical (unpaired) electrons. The van der Waals surface area contributed by atoms with Gasteiger partial charge in [-0.3, -0.25) is 14.7 Å². The van der Waals surface area contributed by atoms with Crippen molar-refractivity contribution in [1.82, 2.24) is 40.5 Å². The fourth-order valence-corrected chi connectivity index (χ4v) is 7.57. The number of nitrogens with zero attached hydrogens (tertiary/aromatic N) is 7. The molecule has 2 N–H and O–H groups in total. The molecule has 1 atom stereocenters. The van der Waals surface area contributed by atoms with E-state index in [0.717, 1.165) is 64.8 Å². The molecule has 0 bridgehead atoms. The number of amides is 2. The highest BCUT2D eigenvalue weighted by molar-refractivity contribution is 5.97. The van der Waals surface area contributed by atoms with E-state index in [2.05, 4.69) is 40.5 Å². The van der Waals surface area contributed by atoms with Crippen LogP contribution in [0.15, 0.2) is 36.8 Å². The number of halogens is 1. The number of likely N-dealkylation sites (tertiary alicyclic amines) is 1. The highest BCUT2D eigenvalue weighted by Crippen LogP contribution is 2.45. The fraction of sp³-hybridized carbons (Fsp3) is 0.588. The molecule has 1 spiro atoms. The quantitative estimate of drug-likeness (QED) is 0.322. The minimum atomic E-state index is -0.508. The molecule has 1 aromatic carbocycles.